The van der Waals surface area contributed by atoms with Gasteiger partial charge in [0.05, 0.1) is 26.6 Å². The van der Waals surface area contributed by atoms with Crippen LogP contribution >= 0.6 is 34.5 Å². The number of pyridine rings is 1. The molecule has 0 unspecified atom stereocenters. The van der Waals surface area contributed by atoms with Crippen LogP contribution in [0.1, 0.15) is 0 Å². The first kappa shape index (κ1) is 16.6. The Labute approximate surface area is 168 Å². The van der Waals surface area contributed by atoms with Gasteiger partial charge < -0.3 is 10.1 Å². The van der Waals surface area contributed by atoms with Gasteiger partial charge >= 0.3 is 0 Å². The number of H-pyrrole nitrogens is 1. The molecule has 0 radical (unpaired) electrons. The molecule has 2 aromatic carbocycles. The number of para-hydroxylation sites is 2. The third-order valence-electron chi connectivity index (χ3n) is 4.43. The van der Waals surface area contributed by atoms with E-state index in [0.29, 0.717) is 32.5 Å². The van der Waals surface area contributed by atoms with Crippen LogP contribution < -0.4 is 0 Å². The van der Waals surface area contributed by atoms with Crippen LogP contribution in [0.4, 0.5) is 0 Å². The summed E-state index contributed by atoms with van der Waals surface area (Å²) in [6, 6.07) is 12.8. The number of benzene rings is 2. The molecule has 3 aromatic heterocycles. The van der Waals surface area contributed by atoms with Crippen LogP contribution in [-0.4, -0.2) is 20.1 Å². The highest BCUT2D eigenvalue weighted by molar-refractivity contribution is 7.13. The lowest BCUT2D eigenvalue weighted by atomic mass is 10.1. The molecule has 0 bridgehead atoms. The van der Waals surface area contributed by atoms with Crippen LogP contribution in [0, 0.1) is 0 Å². The third-order valence-corrected chi connectivity index (χ3v) is 5.91. The van der Waals surface area contributed by atoms with Crippen molar-refractivity contribution in [2.45, 2.75) is 0 Å². The average Bonchev–Trinajstić information content (AvgIpc) is 3.30. The van der Waals surface area contributed by atoms with Crippen molar-refractivity contribution in [1.82, 2.24) is 15.0 Å². The molecule has 0 saturated heterocycles. The smallest absolute Gasteiger partial charge is 0.127 e. The van der Waals surface area contributed by atoms with Crippen LogP contribution in [0.3, 0.4) is 0 Å². The van der Waals surface area contributed by atoms with Gasteiger partial charge in [0.25, 0.3) is 0 Å². The molecule has 5 aromatic rings. The summed E-state index contributed by atoms with van der Waals surface area (Å²) in [7, 11) is 0. The number of rotatable bonds is 2. The van der Waals surface area contributed by atoms with E-state index in [1.54, 1.807) is 18.3 Å². The first-order chi connectivity index (χ1) is 13.1. The second kappa shape index (κ2) is 6.23. The Balaban J connectivity index is 1.78. The Morgan fingerprint density at radius 3 is 2.67 bits per heavy atom. The summed E-state index contributed by atoms with van der Waals surface area (Å²) in [4.78, 5) is 12.7. The molecule has 0 aliphatic carbocycles. The van der Waals surface area contributed by atoms with Crippen LogP contribution in [0.15, 0.2) is 54.0 Å². The highest BCUT2D eigenvalue weighted by atomic mass is 35.5. The monoisotopic (exact) mass is 411 g/mol. The Hall–Kier alpha value is -2.60. The largest absolute Gasteiger partial charge is 0.507 e. The molecule has 0 aliphatic rings. The fraction of sp³-hybridized carbons (Fsp3) is 0. The van der Waals surface area contributed by atoms with Gasteiger partial charge in [0, 0.05) is 22.3 Å². The molecule has 0 saturated carbocycles. The van der Waals surface area contributed by atoms with E-state index in [9.17, 15) is 5.11 Å². The number of nitrogens with one attached hydrogen (secondary N) is 1. The number of fused-ring (bicyclic) bond motifs is 3. The normalized spacial score (nSPS) is 11.5. The van der Waals surface area contributed by atoms with E-state index in [2.05, 4.69) is 4.98 Å². The zero-order valence-corrected chi connectivity index (χ0v) is 16.0. The van der Waals surface area contributed by atoms with Crippen LogP contribution in [0.2, 0.25) is 10.0 Å². The number of hydrogen-bond donors (Lipinski definition) is 2. The van der Waals surface area contributed by atoms with Gasteiger partial charge in [-0.25, -0.2) is 9.97 Å². The number of hydrogen-bond acceptors (Lipinski definition) is 4. The summed E-state index contributed by atoms with van der Waals surface area (Å²) < 4.78 is 0. The van der Waals surface area contributed by atoms with E-state index in [1.165, 1.54) is 11.3 Å². The lowest BCUT2D eigenvalue weighted by molar-refractivity contribution is 0.477. The minimum absolute atomic E-state index is 0.195. The summed E-state index contributed by atoms with van der Waals surface area (Å²) in [6.07, 6.45) is 1.74. The maximum Gasteiger partial charge on any atom is 0.127 e. The van der Waals surface area contributed by atoms with Crippen molar-refractivity contribution >= 4 is 56.3 Å². The number of phenols is 1. The first-order valence-electron chi connectivity index (χ1n) is 8.12. The molecule has 0 spiro atoms. The summed E-state index contributed by atoms with van der Waals surface area (Å²) >= 11 is 14.3. The predicted octanol–water partition coefficient (Wildman–Crippen LogP) is 6.52. The number of aromatic nitrogens is 3. The number of phenolic OH excluding ortho intramolecular Hbond substituents is 1. The van der Waals surface area contributed by atoms with E-state index < -0.39 is 0 Å². The van der Waals surface area contributed by atoms with Crippen LogP contribution in [-0.2, 0) is 0 Å². The Morgan fingerprint density at radius 2 is 1.81 bits per heavy atom. The molecule has 27 heavy (non-hydrogen) atoms. The summed E-state index contributed by atoms with van der Waals surface area (Å²) in [6.45, 7) is 0. The number of aromatic amines is 1. The molecular weight excluding hydrogens is 401 g/mol. The molecule has 5 rings (SSSR count). The van der Waals surface area contributed by atoms with Gasteiger partial charge in [-0.3, -0.25) is 0 Å². The van der Waals surface area contributed by atoms with Crippen LogP contribution in [0.25, 0.3) is 43.8 Å². The molecule has 3 heterocycles. The van der Waals surface area contributed by atoms with Gasteiger partial charge in [-0.2, -0.15) is 0 Å². The van der Waals surface area contributed by atoms with E-state index in [4.69, 9.17) is 33.2 Å². The molecule has 7 heteroatoms. The minimum atomic E-state index is 0.195. The van der Waals surface area contributed by atoms with E-state index in [1.807, 2.05) is 35.7 Å². The zero-order valence-electron chi connectivity index (χ0n) is 13.7. The predicted molar refractivity (Wildman–Crippen MR) is 112 cm³/mol. The van der Waals surface area contributed by atoms with Crippen molar-refractivity contribution in [3.8, 4) is 27.7 Å². The van der Waals surface area contributed by atoms with E-state index in [0.717, 1.165) is 21.3 Å². The SMILES string of the molecule is Oc1ccccc1-c1nc(-c2nc3c(Cl)cccc3c3c(Cl)c[nH]c23)cs1. The number of nitrogens with zero attached hydrogens (tertiary/aromatic N) is 2. The lowest BCUT2D eigenvalue weighted by Crippen LogP contribution is -1.90. The van der Waals surface area contributed by atoms with Crippen molar-refractivity contribution in [3.05, 3.63) is 64.1 Å². The Bertz CT molecular complexity index is 1330. The van der Waals surface area contributed by atoms with Crippen molar-refractivity contribution in [2.75, 3.05) is 0 Å². The highest BCUT2D eigenvalue weighted by Crippen LogP contribution is 2.39. The second-order valence-electron chi connectivity index (χ2n) is 6.04. The van der Waals surface area contributed by atoms with E-state index >= 15 is 0 Å². The van der Waals surface area contributed by atoms with Crippen molar-refractivity contribution in [3.63, 3.8) is 0 Å². The molecule has 0 atom stereocenters. The summed E-state index contributed by atoms with van der Waals surface area (Å²) in [5.74, 6) is 0.195. The Kier molecular flexibility index (Phi) is 3.82. The van der Waals surface area contributed by atoms with E-state index in [-0.39, 0.29) is 5.75 Å². The van der Waals surface area contributed by atoms with Gasteiger partial charge in [-0.05, 0) is 18.2 Å². The number of halogens is 2. The number of aromatic hydroxyl groups is 1. The zero-order chi connectivity index (χ0) is 18.5. The number of thiazole rings is 1. The van der Waals surface area contributed by atoms with Crippen LogP contribution in [0.5, 0.6) is 5.75 Å². The highest BCUT2D eigenvalue weighted by Gasteiger charge is 2.18. The maximum atomic E-state index is 10.1. The molecule has 2 N–H and O–H groups in total. The average molecular weight is 412 g/mol. The minimum Gasteiger partial charge on any atom is -0.507 e. The van der Waals surface area contributed by atoms with Gasteiger partial charge in [0.2, 0.25) is 0 Å². The second-order valence-corrected chi connectivity index (χ2v) is 7.71. The van der Waals surface area contributed by atoms with Crippen molar-refractivity contribution < 1.29 is 5.11 Å². The molecular formula is C20H11Cl2N3OS. The molecule has 0 amide bonds. The van der Waals surface area contributed by atoms with Gasteiger partial charge in [0.1, 0.15) is 22.1 Å². The maximum absolute atomic E-state index is 10.1. The first-order valence-corrected chi connectivity index (χ1v) is 9.76. The molecule has 132 valence electrons. The van der Waals surface area contributed by atoms with Crippen molar-refractivity contribution in [1.29, 1.82) is 0 Å². The molecule has 4 nitrogen and oxygen atoms in total. The van der Waals surface area contributed by atoms with Gasteiger partial charge in [-0.1, -0.05) is 47.5 Å². The Morgan fingerprint density at radius 1 is 0.963 bits per heavy atom. The standard InChI is InChI=1S/C20H11Cl2N3OS/c21-12-6-3-5-11-16-13(22)8-23-19(16)18(25-17(11)12)14-9-27-20(24-14)10-4-1-2-7-15(10)26/h1-9,23,26H. The fourth-order valence-corrected chi connectivity index (χ4v) is 4.50. The fourth-order valence-electron chi connectivity index (χ4n) is 3.19. The summed E-state index contributed by atoms with van der Waals surface area (Å²) in [5, 5.41) is 15.7. The topological polar surface area (TPSA) is 61.8 Å². The summed E-state index contributed by atoms with van der Waals surface area (Å²) in [5.41, 5.74) is 3.55. The molecule has 0 aliphatic heterocycles. The van der Waals surface area contributed by atoms with Gasteiger partial charge in [0.15, 0.2) is 0 Å². The van der Waals surface area contributed by atoms with Gasteiger partial charge in [-0.15, -0.1) is 11.3 Å². The quantitative estimate of drug-likeness (QED) is 0.347. The lowest BCUT2D eigenvalue weighted by Gasteiger charge is -2.06. The van der Waals surface area contributed by atoms with Crippen molar-refractivity contribution in [2.24, 2.45) is 0 Å². The third kappa shape index (κ3) is 2.58. The molecule has 0 fully saturated rings.